The van der Waals surface area contributed by atoms with E-state index in [9.17, 15) is 15.0 Å². The van der Waals surface area contributed by atoms with Crippen LogP contribution in [0, 0.1) is 0 Å². The quantitative estimate of drug-likeness (QED) is 0.641. The molecule has 1 aromatic heterocycles. The largest absolute Gasteiger partial charge is 0.508 e. The van der Waals surface area contributed by atoms with Crippen LogP contribution in [0.4, 0.5) is 5.82 Å². The number of hydrogen-bond acceptors (Lipinski definition) is 5. The lowest BCUT2D eigenvalue weighted by molar-refractivity contribution is -0.137. The first-order chi connectivity index (χ1) is 12.1. The molecule has 3 aromatic rings. The average Bonchev–Trinajstić information content (AvgIpc) is 2.63. The smallest absolute Gasteiger partial charge is 0.326 e. The first-order valence-electron chi connectivity index (χ1n) is 7.76. The van der Waals surface area contributed by atoms with Crippen molar-refractivity contribution >= 4 is 11.8 Å². The lowest BCUT2D eigenvalue weighted by Crippen LogP contribution is -2.31. The lowest BCUT2D eigenvalue weighted by Gasteiger charge is -2.15. The number of carboxylic acids is 1. The fourth-order valence-electron chi connectivity index (χ4n) is 2.45. The van der Waals surface area contributed by atoms with Crippen molar-refractivity contribution in [3.05, 3.63) is 72.6 Å². The predicted molar refractivity (Wildman–Crippen MR) is 94.3 cm³/mol. The molecule has 0 spiro atoms. The molecule has 0 radical (unpaired) electrons. The van der Waals surface area contributed by atoms with Crippen LogP contribution in [0.2, 0.25) is 0 Å². The molecule has 0 amide bonds. The summed E-state index contributed by atoms with van der Waals surface area (Å²) in [5, 5.41) is 21.8. The number of hydrogen-bond donors (Lipinski definition) is 3. The first-order valence-corrected chi connectivity index (χ1v) is 7.76. The topological polar surface area (TPSA) is 95.3 Å². The highest BCUT2D eigenvalue weighted by molar-refractivity contribution is 5.77. The van der Waals surface area contributed by atoms with Crippen LogP contribution >= 0.6 is 0 Å². The van der Waals surface area contributed by atoms with Gasteiger partial charge in [0, 0.05) is 18.1 Å². The van der Waals surface area contributed by atoms with Gasteiger partial charge in [0.15, 0.2) is 0 Å². The first kappa shape index (κ1) is 16.4. The van der Waals surface area contributed by atoms with Gasteiger partial charge in [0.2, 0.25) is 0 Å². The molecule has 0 fully saturated rings. The van der Waals surface area contributed by atoms with E-state index in [0.717, 1.165) is 11.1 Å². The summed E-state index contributed by atoms with van der Waals surface area (Å²) in [7, 11) is 0. The van der Waals surface area contributed by atoms with Crippen molar-refractivity contribution in [3.63, 3.8) is 0 Å². The van der Waals surface area contributed by atoms with Crippen molar-refractivity contribution in [2.24, 2.45) is 0 Å². The van der Waals surface area contributed by atoms with E-state index in [1.165, 1.54) is 6.33 Å². The molecule has 3 rings (SSSR count). The lowest BCUT2D eigenvalue weighted by atomic mass is 10.1. The Balaban J connectivity index is 1.79. The van der Waals surface area contributed by atoms with Gasteiger partial charge in [0.1, 0.15) is 23.9 Å². The van der Waals surface area contributed by atoms with Crippen LogP contribution in [0.25, 0.3) is 11.3 Å². The number of aromatic nitrogens is 2. The summed E-state index contributed by atoms with van der Waals surface area (Å²) >= 11 is 0. The zero-order chi connectivity index (χ0) is 17.6. The molecule has 1 atom stereocenters. The summed E-state index contributed by atoms with van der Waals surface area (Å²) in [4.78, 5) is 19.9. The standard InChI is InChI=1S/C19H17N3O3/c23-15-8-6-14(7-9-15)16-11-18(21-12-20-16)22-17(19(24)25)10-13-4-2-1-3-5-13/h1-9,11-12,17,23H,10H2,(H,24,25)(H,20,21,22). The van der Waals surface area contributed by atoms with E-state index in [2.05, 4.69) is 15.3 Å². The van der Waals surface area contributed by atoms with Crippen molar-refractivity contribution in [2.75, 3.05) is 5.32 Å². The summed E-state index contributed by atoms with van der Waals surface area (Å²) in [5.74, 6) is -0.347. The molecule has 0 bridgehead atoms. The normalized spacial score (nSPS) is 11.7. The van der Waals surface area contributed by atoms with Crippen molar-refractivity contribution in [2.45, 2.75) is 12.5 Å². The summed E-state index contributed by atoms with van der Waals surface area (Å²) in [6, 6.07) is 16.9. The molecule has 0 aliphatic heterocycles. The number of phenolic OH excluding ortho intramolecular Hbond substituents is 1. The Hall–Kier alpha value is -3.41. The molecule has 2 aromatic carbocycles. The maximum atomic E-state index is 11.6. The van der Waals surface area contributed by atoms with Crippen molar-refractivity contribution < 1.29 is 15.0 Å². The van der Waals surface area contributed by atoms with Crippen molar-refractivity contribution in [1.82, 2.24) is 9.97 Å². The maximum absolute atomic E-state index is 11.6. The second-order valence-corrected chi connectivity index (χ2v) is 5.56. The van der Waals surface area contributed by atoms with Gasteiger partial charge >= 0.3 is 5.97 Å². The average molecular weight is 335 g/mol. The number of carbonyl (C=O) groups is 1. The number of nitrogens with zero attached hydrogens (tertiary/aromatic N) is 2. The van der Waals surface area contributed by atoms with Gasteiger partial charge in [-0.15, -0.1) is 0 Å². The van der Waals surface area contributed by atoms with Crippen molar-refractivity contribution in [3.8, 4) is 17.0 Å². The highest BCUT2D eigenvalue weighted by Crippen LogP contribution is 2.21. The Morgan fingerprint density at radius 3 is 2.44 bits per heavy atom. The van der Waals surface area contributed by atoms with Crippen LogP contribution in [0.15, 0.2) is 67.0 Å². The molecule has 0 saturated carbocycles. The predicted octanol–water partition coefficient (Wildman–Crippen LogP) is 2.96. The van der Waals surface area contributed by atoms with Crippen LogP contribution in [0.3, 0.4) is 0 Å². The van der Waals surface area contributed by atoms with Gasteiger partial charge in [-0.25, -0.2) is 14.8 Å². The zero-order valence-corrected chi connectivity index (χ0v) is 13.3. The minimum absolute atomic E-state index is 0.171. The minimum Gasteiger partial charge on any atom is -0.508 e. The molecule has 0 saturated heterocycles. The summed E-state index contributed by atoms with van der Waals surface area (Å²) in [6.07, 6.45) is 1.72. The zero-order valence-electron chi connectivity index (χ0n) is 13.3. The van der Waals surface area contributed by atoms with Crippen LogP contribution in [-0.2, 0) is 11.2 Å². The maximum Gasteiger partial charge on any atom is 0.326 e. The number of aromatic hydroxyl groups is 1. The minimum atomic E-state index is -0.950. The van der Waals surface area contributed by atoms with Crippen LogP contribution in [0.1, 0.15) is 5.56 Å². The summed E-state index contributed by atoms with van der Waals surface area (Å²) in [6.45, 7) is 0. The number of nitrogens with one attached hydrogen (secondary N) is 1. The van der Waals surface area contributed by atoms with E-state index < -0.39 is 12.0 Å². The van der Waals surface area contributed by atoms with E-state index in [4.69, 9.17) is 0 Å². The number of phenols is 1. The van der Waals surface area contributed by atoms with Crippen LogP contribution < -0.4 is 5.32 Å². The molecule has 0 aliphatic carbocycles. The van der Waals surface area contributed by atoms with Gasteiger partial charge in [-0.05, 0) is 29.8 Å². The van der Waals surface area contributed by atoms with Gasteiger partial charge in [-0.2, -0.15) is 0 Å². The number of carboxylic acid groups (broad SMARTS) is 1. The summed E-state index contributed by atoms with van der Waals surface area (Å²) < 4.78 is 0. The number of aliphatic carboxylic acids is 1. The highest BCUT2D eigenvalue weighted by Gasteiger charge is 2.18. The second kappa shape index (κ2) is 7.44. The molecule has 1 unspecified atom stereocenters. The fraction of sp³-hybridized carbons (Fsp3) is 0.105. The van der Waals surface area contributed by atoms with Gasteiger partial charge < -0.3 is 15.5 Å². The molecule has 6 heteroatoms. The van der Waals surface area contributed by atoms with E-state index in [-0.39, 0.29) is 5.75 Å². The Morgan fingerprint density at radius 1 is 1.04 bits per heavy atom. The molecule has 0 aliphatic rings. The molecule has 3 N–H and O–H groups in total. The van der Waals surface area contributed by atoms with Gasteiger partial charge in [0.05, 0.1) is 5.69 Å². The van der Waals surface area contributed by atoms with Gasteiger partial charge in [-0.1, -0.05) is 30.3 Å². The molecule has 1 heterocycles. The molecular formula is C19H17N3O3. The third-order valence-corrected chi connectivity index (χ3v) is 3.73. The van der Waals surface area contributed by atoms with Crippen LogP contribution in [-0.4, -0.2) is 32.2 Å². The van der Waals surface area contributed by atoms with Crippen LogP contribution in [0.5, 0.6) is 5.75 Å². The Labute approximate surface area is 144 Å². The van der Waals surface area contributed by atoms with Gasteiger partial charge in [-0.3, -0.25) is 0 Å². The van der Waals surface area contributed by atoms with Gasteiger partial charge in [0.25, 0.3) is 0 Å². The molecule has 25 heavy (non-hydrogen) atoms. The highest BCUT2D eigenvalue weighted by atomic mass is 16.4. The van der Waals surface area contributed by atoms with E-state index >= 15 is 0 Å². The molecule has 6 nitrogen and oxygen atoms in total. The monoisotopic (exact) mass is 335 g/mol. The SMILES string of the molecule is O=C(O)C(Cc1ccccc1)Nc1cc(-c2ccc(O)cc2)ncn1. The molecule has 126 valence electrons. The third kappa shape index (κ3) is 4.32. The third-order valence-electron chi connectivity index (χ3n) is 3.73. The number of anilines is 1. The fourth-order valence-corrected chi connectivity index (χ4v) is 2.45. The Kier molecular flexibility index (Phi) is 4.89. The number of benzene rings is 2. The molecular weight excluding hydrogens is 318 g/mol. The second-order valence-electron chi connectivity index (χ2n) is 5.56. The Bertz CT molecular complexity index is 851. The van der Waals surface area contributed by atoms with E-state index in [1.54, 1.807) is 30.3 Å². The Morgan fingerprint density at radius 2 is 1.76 bits per heavy atom. The van der Waals surface area contributed by atoms with E-state index in [1.807, 2.05) is 30.3 Å². The van der Waals surface area contributed by atoms with Crippen molar-refractivity contribution in [1.29, 1.82) is 0 Å². The number of rotatable bonds is 6. The summed E-state index contributed by atoms with van der Waals surface area (Å²) in [5.41, 5.74) is 2.37. The van der Waals surface area contributed by atoms with E-state index in [0.29, 0.717) is 17.9 Å².